The Balaban J connectivity index is 2.10. The summed E-state index contributed by atoms with van der Waals surface area (Å²) in [6.07, 6.45) is -6.99. The Bertz CT molecular complexity index is 726. The second kappa shape index (κ2) is 5.61. The highest BCUT2D eigenvalue weighted by Gasteiger charge is 2.51. The van der Waals surface area contributed by atoms with E-state index in [9.17, 15) is 18.0 Å². The van der Waals surface area contributed by atoms with Crippen molar-refractivity contribution in [1.29, 1.82) is 0 Å². The quantitative estimate of drug-likeness (QED) is 0.911. The summed E-state index contributed by atoms with van der Waals surface area (Å²) in [6, 6.07) is 13.8. The van der Waals surface area contributed by atoms with Crippen LogP contribution in [0, 0.1) is 5.92 Å². The van der Waals surface area contributed by atoms with E-state index >= 15 is 0 Å². The number of carbonyl (C=O) groups is 1. The largest absolute Gasteiger partial charge is 0.478 e. The Kier molecular flexibility index (Phi) is 3.75. The zero-order valence-electron chi connectivity index (χ0n) is 11.9. The van der Waals surface area contributed by atoms with Gasteiger partial charge in [0.1, 0.15) is 11.7 Å². The van der Waals surface area contributed by atoms with E-state index < -0.39 is 30.6 Å². The van der Waals surface area contributed by atoms with Crippen molar-refractivity contribution in [3.63, 3.8) is 0 Å². The van der Waals surface area contributed by atoms with Crippen LogP contribution in [-0.2, 0) is 11.2 Å². The second-order valence-corrected chi connectivity index (χ2v) is 5.38. The highest BCUT2D eigenvalue weighted by molar-refractivity contribution is 5.76. The molecule has 0 fully saturated rings. The van der Waals surface area contributed by atoms with Crippen LogP contribution in [0.1, 0.15) is 5.56 Å². The molecule has 0 saturated carbocycles. The lowest BCUT2D eigenvalue weighted by atomic mass is 9.86. The fraction of sp³-hybridized carbons (Fsp3) is 0.235. The topological polar surface area (TPSA) is 46.5 Å². The summed E-state index contributed by atoms with van der Waals surface area (Å²) in [5.41, 5.74) is 1.78. The lowest BCUT2D eigenvalue weighted by molar-refractivity contribution is -0.206. The maximum Gasteiger partial charge on any atom is 0.396 e. The number of aliphatic carboxylic acids is 1. The number of carboxylic acid groups (broad SMARTS) is 1. The number of ether oxygens (including phenoxy) is 1. The summed E-state index contributed by atoms with van der Waals surface area (Å²) in [4.78, 5) is 11.2. The number of benzene rings is 2. The average molecular weight is 322 g/mol. The number of alkyl halides is 3. The number of rotatable bonds is 2. The van der Waals surface area contributed by atoms with Gasteiger partial charge >= 0.3 is 12.1 Å². The van der Waals surface area contributed by atoms with Crippen molar-refractivity contribution in [2.24, 2.45) is 5.92 Å². The van der Waals surface area contributed by atoms with Crippen molar-refractivity contribution in [3.05, 3.63) is 54.1 Å². The first-order chi connectivity index (χ1) is 10.9. The van der Waals surface area contributed by atoms with E-state index in [0.717, 1.165) is 5.56 Å². The van der Waals surface area contributed by atoms with Crippen molar-refractivity contribution < 1.29 is 27.8 Å². The molecule has 0 spiro atoms. The Morgan fingerprint density at radius 2 is 1.78 bits per heavy atom. The van der Waals surface area contributed by atoms with Gasteiger partial charge in [-0.3, -0.25) is 0 Å². The molecule has 6 heteroatoms. The highest BCUT2D eigenvalue weighted by atomic mass is 19.4. The molecule has 3 nitrogen and oxygen atoms in total. The number of halogens is 3. The molecule has 1 heterocycles. The van der Waals surface area contributed by atoms with Gasteiger partial charge in [-0.1, -0.05) is 42.5 Å². The molecule has 120 valence electrons. The summed E-state index contributed by atoms with van der Waals surface area (Å²) < 4.78 is 44.9. The van der Waals surface area contributed by atoms with E-state index in [-0.39, 0.29) is 5.75 Å². The SMILES string of the molecule is O=C(O)C1Oc2cccc(-c3ccccc3)c2CC1C(F)(F)F. The summed E-state index contributed by atoms with van der Waals surface area (Å²) in [6.45, 7) is 0. The van der Waals surface area contributed by atoms with Crippen molar-refractivity contribution in [2.75, 3.05) is 0 Å². The van der Waals surface area contributed by atoms with Crippen LogP contribution in [0.2, 0.25) is 0 Å². The standard InChI is InChI=1S/C17H13F3O3/c18-17(19,20)13-9-12-11(10-5-2-1-3-6-10)7-4-8-14(12)23-15(13)16(21)22/h1-8,13,15H,9H2,(H,21,22). The fourth-order valence-electron chi connectivity index (χ4n) is 2.83. The first-order valence-electron chi connectivity index (χ1n) is 7.01. The maximum absolute atomic E-state index is 13.2. The van der Waals surface area contributed by atoms with E-state index in [1.807, 2.05) is 6.07 Å². The van der Waals surface area contributed by atoms with Gasteiger partial charge in [-0.05, 0) is 23.6 Å². The minimum atomic E-state index is -4.65. The van der Waals surface area contributed by atoms with E-state index in [2.05, 4.69) is 0 Å². The summed E-state index contributed by atoms with van der Waals surface area (Å²) in [5, 5.41) is 9.06. The van der Waals surface area contributed by atoms with Crippen LogP contribution in [0.3, 0.4) is 0 Å². The Morgan fingerprint density at radius 3 is 2.39 bits per heavy atom. The van der Waals surface area contributed by atoms with Crippen LogP contribution in [-0.4, -0.2) is 23.4 Å². The fourth-order valence-corrected chi connectivity index (χ4v) is 2.83. The molecule has 2 atom stereocenters. The van der Waals surface area contributed by atoms with Gasteiger partial charge in [0.05, 0.1) is 0 Å². The van der Waals surface area contributed by atoms with Gasteiger partial charge in [0.15, 0.2) is 0 Å². The minimum Gasteiger partial charge on any atom is -0.478 e. The van der Waals surface area contributed by atoms with Crippen LogP contribution < -0.4 is 4.74 Å². The molecule has 23 heavy (non-hydrogen) atoms. The molecular weight excluding hydrogens is 309 g/mol. The summed E-state index contributed by atoms with van der Waals surface area (Å²) in [5.74, 6) is -3.49. The maximum atomic E-state index is 13.2. The normalized spacial score (nSPS) is 20.5. The molecule has 1 N–H and O–H groups in total. The third kappa shape index (κ3) is 2.88. The lowest BCUT2D eigenvalue weighted by Crippen LogP contribution is -2.46. The molecule has 2 aromatic rings. The molecule has 0 aromatic heterocycles. The molecule has 0 radical (unpaired) electrons. The molecule has 0 amide bonds. The second-order valence-electron chi connectivity index (χ2n) is 5.38. The van der Waals surface area contributed by atoms with E-state index in [1.165, 1.54) is 6.07 Å². The first kappa shape index (κ1) is 15.4. The predicted molar refractivity (Wildman–Crippen MR) is 77.2 cm³/mol. The Hall–Kier alpha value is -2.50. The molecule has 0 saturated heterocycles. The molecule has 1 aliphatic rings. The third-order valence-corrected chi connectivity index (χ3v) is 3.93. The molecule has 0 aliphatic carbocycles. The third-order valence-electron chi connectivity index (χ3n) is 3.93. The molecule has 2 aromatic carbocycles. The molecule has 3 rings (SSSR count). The highest BCUT2D eigenvalue weighted by Crippen LogP contribution is 2.43. The molecule has 0 bridgehead atoms. The van der Waals surface area contributed by atoms with Crippen LogP contribution in [0.4, 0.5) is 13.2 Å². The molecular formula is C17H13F3O3. The Morgan fingerprint density at radius 1 is 1.09 bits per heavy atom. The van der Waals surface area contributed by atoms with Gasteiger partial charge in [-0.2, -0.15) is 13.2 Å². The van der Waals surface area contributed by atoms with Crippen molar-refractivity contribution in [3.8, 4) is 16.9 Å². The van der Waals surface area contributed by atoms with Gasteiger partial charge in [0, 0.05) is 5.56 Å². The van der Waals surface area contributed by atoms with Gasteiger partial charge in [0.2, 0.25) is 6.10 Å². The number of fused-ring (bicyclic) bond motifs is 1. The lowest BCUT2D eigenvalue weighted by Gasteiger charge is -2.33. The van der Waals surface area contributed by atoms with Crippen molar-refractivity contribution in [2.45, 2.75) is 18.7 Å². The Labute approximate surface area is 130 Å². The van der Waals surface area contributed by atoms with Gasteiger partial charge in [0.25, 0.3) is 0 Å². The zero-order chi connectivity index (χ0) is 16.6. The smallest absolute Gasteiger partial charge is 0.396 e. The number of hydrogen-bond acceptors (Lipinski definition) is 2. The molecule has 1 aliphatic heterocycles. The summed E-state index contributed by atoms with van der Waals surface area (Å²) >= 11 is 0. The van der Waals surface area contributed by atoms with Gasteiger partial charge in [-0.25, -0.2) is 4.79 Å². The monoisotopic (exact) mass is 322 g/mol. The summed E-state index contributed by atoms with van der Waals surface area (Å²) in [7, 11) is 0. The minimum absolute atomic E-state index is 0.194. The van der Waals surface area contributed by atoms with Gasteiger partial charge in [-0.15, -0.1) is 0 Å². The molecule has 2 unspecified atom stereocenters. The van der Waals surface area contributed by atoms with E-state index in [4.69, 9.17) is 9.84 Å². The average Bonchev–Trinajstić information content (AvgIpc) is 2.53. The number of hydrogen-bond donors (Lipinski definition) is 1. The first-order valence-corrected chi connectivity index (χ1v) is 7.01. The zero-order valence-corrected chi connectivity index (χ0v) is 11.9. The van der Waals surface area contributed by atoms with Crippen molar-refractivity contribution >= 4 is 5.97 Å². The van der Waals surface area contributed by atoms with E-state index in [0.29, 0.717) is 11.1 Å². The van der Waals surface area contributed by atoms with Crippen LogP contribution >= 0.6 is 0 Å². The van der Waals surface area contributed by atoms with E-state index in [1.54, 1.807) is 36.4 Å². The van der Waals surface area contributed by atoms with Gasteiger partial charge < -0.3 is 9.84 Å². The number of carboxylic acids is 1. The van der Waals surface area contributed by atoms with Crippen LogP contribution in [0.5, 0.6) is 5.75 Å². The predicted octanol–water partition coefficient (Wildman–Crippen LogP) is 3.92. The van der Waals surface area contributed by atoms with Crippen molar-refractivity contribution in [1.82, 2.24) is 0 Å². The van der Waals surface area contributed by atoms with Crippen LogP contribution in [0.15, 0.2) is 48.5 Å². The van der Waals surface area contributed by atoms with Crippen LogP contribution in [0.25, 0.3) is 11.1 Å².